The highest BCUT2D eigenvalue weighted by Gasteiger charge is 2.36. The van der Waals surface area contributed by atoms with Crippen LogP contribution in [0.2, 0.25) is 0 Å². The third-order valence-electron chi connectivity index (χ3n) is 3.18. The van der Waals surface area contributed by atoms with E-state index in [0.29, 0.717) is 6.07 Å². The summed E-state index contributed by atoms with van der Waals surface area (Å²) in [6, 6.07) is 7.51. The van der Waals surface area contributed by atoms with Gasteiger partial charge in [0.15, 0.2) is 0 Å². The molecule has 23 heavy (non-hydrogen) atoms. The molecule has 2 aromatic rings. The molecular formula is C15H12ClF6N. The van der Waals surface area contributed by atoms with Crippen LogP contribution in [0.15, 0.2) is 42.5 Å². The minimum absolute atomic E-state index is 0. The Morgan fingerprint density at radius 1 is 0.783 bits per heavy atom. The van der Waals surface area contributed by atoms with E-state index >= 15 is 0 Å². The van der Waals surface area contributed by atoms with Gasteiger partial charge in [-0.15, -0.1) is 12.4 Å². The average Bonchev–Trinajstić information content (AvgIpc) is 2.45. The quantitative estimate of drug-likeness (QED) is 0.729. The fourth-order valence-corrected chi connectivity index (χ4v) is 2.17. The van der Waals surface area contributed by atoms with Gasteiger partial charge in [0.05, 0.1) is 11.1 Å². The molecule has 0 bridgehead atoms. The van der Waals surface area contributed by atoms with Crippen LogP contribution in [0.1, 0.15) is 16.7 Å². The normalized spacial score (nSPS) is 12.0. The van der Waals surface area contributed by atoms with Crippen LogP contribution < -0.4 is 5.73 Å². The molecule has 0 atom stereocenters. The molecule has 2 rings (SSSR count). The Balaban J connectivity index is 0.00000264. The van der Waals surface area contributed by atoms with Crippen molar-refractivity contribution < 1.29 is 26.3 Å². The number of hydrogen-bond donors (Lipinski definition) is 1. The van der Waals surface area contributed by atoms with Gasteiger partial charge in [-0.3, -0.25) is 0 Å². The molecule has 0 fully saturated rings. The number of alkyl halides is 6. The maximum Gasteiger partial charge on any atom is 0.417 e. The molecule has 2 aromatic carbocycles. The molecule has 0 unspecified atom stereocenters. The highest BCUT2D eigenvalue weighted by atomic mass is 35.5. The molecule has 0 spiro atoms. The van der Waals surface area contributed by atoms with E-state index in [9.17, 15) is 26.3 Å². The molecule has 0 amide bonds. The van der Waals surface area contributed by atoms with Gasteiger partial charge in [-0.2, -0.15) is 26.3 Å². The minimum atomic E-state index is -4.68. The summed E-state index contributed by atoms with van der Waals surface area (Å²) in [6.07, 6.45) is -9.33. The Morgan fingerprint density at radius 2 is 1.35 bits per heavy atom. The molecule has 8 heteroatoms. The Hall–Kier alpha value is -1.73. The fourth-order valence-electron chi connectivity index (χ4n) is 2.17. The second-order valence-electron chi connectivity index (χ2n) is 4.62. The van der Waals surface area contributed by atoms with Crippen molar-refractivity contribution in [3.8, 4) is 11.1 Å². The number of hydrogen-bond acceptors (Lipinski definition) is 1. The van der Waals surface area contributed by atoms with Crippen molar-refractivity contribution in [2.45, 2.75) is 18.9 Å². The van der Waals surface area contributed by atoms with Gasteiger partial charge in [0.2, 0.25) is 0 Å². The summed E-state index contributed by atoms with van der Waals surface area (Å²) in [6.45, 7) is -0.351. The van der Waals surface area contributed by atoms with E-state index in [1.807, 2.05) is 0 Å². The molecule has 0 aliphatic rings. The Morgan fingerprint density at radius 3 is 1.87 bits per heavy atom. The monoisotopic (exact) mass is 355 g/mol. The van der Waals surface area contributed by atoms with Gasteiger partial charge in [-0.05, 0) is 28.8 Å². The van der Waals surface area contributed by atoms with Crippen molar-refractivity contribution in [3.63, 3.8) is 0 Å². The maximum atomic E-state index is 13.0. The summed E-state index contributed by atoms with van der Waals surface area (Å²) >= 11 is 0. The molecule has 0 saturated heterocycles. The summed E-state index contributed by atoms with van der Waals surface area (Å²) in [7, 11) is 0. The zero-order valence-corrected chi connectivity index (χ0v) is 12.3. The highest BCUT2D eigenvalue weighted by molar-refractivity contribution is 5.85. The number of benzene rings is 2. The van der Waals surface area contributed by atoms with Crippen LogP contribution in [0, 0.1) is 0 Å². The predicted molar refractivity (Wildman–Crippen MR) is 77.0 cm³/mol. The van der Waals surface area contributed by atoms with E-state index in [-0.39, 0.29) is 35.6 Å². The van der Waals surface area contributed by atoms with Crippen molar-refractivity contribution >= 4 is 12.4 Å². The van der Waals surface area contributed by atoms with Crippen LogP contribution in [0.25, 0.3) is 11.1 Å². The van der Waals surface area contributed by atoms with E-state index in [4.69, 9.17) is 5.73 Å². The minimum Gasteiger partial charge on any atom is -0.326 e. The van der Waals surface area contributed by atoms with Gasteiger partial charge < -0.3 is 5.73 Å². The summed E-state index contributed by atoms with van der Waals surface area (Å²) in [5.74, 6) is 0. The van der Waals surface area contributed by atoms with E-state index in [1.54, 1.807) is 0 Å². The van der Waals surface area contributed by atoms with Crippen molar-refractivity contribution in [3.05, 3.63) is 59.2 Å². The first-order valence-electron chi connectivity index (χ1n) is 6.21. The fraction of sp³-hybridized carbons (Fsp3) is 0.200. The van der Waals surface area contributed by atoms with Gasteiger partial charge in [-0.1, -0.05) is 30.3 Å². The maximum absolute atomic E-state index is 13.0. The van der Waals surface area contributed by atoms with Gasteiger partial charge in [0.1, 0.15) is 0 Å². The van der Waals surface area contributed by atoms with Gasteiger partial charge in [0, 0.05) is 6.54 Å². The summed E-state index contributed by atoms with van der Waals surface area (Å²) in [5, 5.41) is 0. The van der Waals surface area contributed by atoms with E-state index < -0.39 is 23.5 Å². The van der Waals surface area contributed by atoms with Crippen molar-refractivity contribution in [2.24, 2.45) is 5.73 Å². The van der Waals surface area contributed by atoms with Crippen LogP contribution in [-0.2, 0) is 18.9 Å². The lowest BCUT2D eigenvalue weighted by Crippen LogP contribution is -2.12. The van der Waals surface area contributed by atoms with E-state index in [1.165, 1.54) is 18.2 Å². The molecule has 0 saturated carbocycles. The van der Waals surface area contributed by atoms with Crippen LogP contribution in [-0.4, -0.2) is 0 Å². The Kier molecular flexibility index (Phi) is 5.71. The van der Waals surface area contributed by atoms with E-state index in [0.717, 1.165) is 18.2 Å². The van der Waals surface area contributed by atoms with Gasteiger partial charge >= 0.3 is 12.4 Å². The molecule has 0 aliphatic carbocycles. The van der Waals surface area contributed by atoms with Crippen molar-refractivity contribution in [1.29, 1.82) is 0 Å². The van der Waals surface area contributed by atoms with E-state index in [2.05, 4.69) is 0 Å². The second kappa shape index (κ2) is 6.80. The first-order valence-corrected chi connectivity index (χ1v) is 6.21. The third-order valence-corrected chi connectivity index (χ3v) is 3.18. The number of rotatable bonds is 2. The predicted octanol–water partition coefficient (Wildman–Crippen LogP) is 5.27. The lowest BCUT2D eigenvalue weighted by Gasteiger charge is -2.16. The van der Waals surface area contributed by atoms with Crippen LogP contribution >= 0.6 is 12.4 Å². The molecule has 0 aliphatic heterocycles. The topological polar surface area (TPSA) is 26.0 Å². The van der Waals surface area contributed by atoms with Crippen molar-refractivity contribution in [2.75, 3.05) is 0 Å². The third kappa shape index (κ3) is 4.17. The lowest BCUT2D eigenvalue weighted by molar-refractivity contribution is -0.138. The van der Waals surface area contributed by atoms with Gasteiger partial charge in [0.25, 0.3) is 0 Å². The second-order valence-corrected chi connectivity index (χ2v) is 4.62. The van der Waals surface area contributed by atoms with Crippen molar-refractivity contribution in [1.82, 2.24) is 0 Å². The molecule has 0 radical (unpaired) electrons. The number of nitrogens with two attached hydrogens (primary N) is 1. The summed E-state index contributed by atoms with van der Waals surface area (Å²) in [5.41, 5.74) is 2.63. The van der Waals surface area contributed by atoms with Gasteiger partial charge in [-0.25, -0.2) is 0 Å². The van der Waals surface area contributed by atoms with Crippen LogP contribution in [0.4, 0.5) is 26.3 Å². The summed E-state index contributed by atoms with van der Waals surface area (Å²) in [4.78, 5) is 0. The summed E-state index contributed by atoms with van der Waals surface area (Å²) < 4.78 is 77.9. The highest BCUT2D eigenvalue weighted by Crippen LogP contribution is 2.39. The molecular weight excluding hydrogens is 344 g/mol. The zero-order chi connectivity index (χ0) is 16.5. The lowest BCUT2D eigenvalue weighted by atomic mass is 9.95. The molecule has 0 heterocycles. The smallest absolute Gasteiger partial charge is 0.326 e. The molecule has 2 N–H and O–H groups in total. The standard InChI is InChI=1S/C15H11F6N.ClH/c16-14(17,18)12-4-2-1-3-11(12)9-5-6-10(8-22)13(7-9)15(19,20)21;/h1-7H,8,22H2;1H. The first-order chi connectivity index (χ1) is 10.1. The molecule has 126 valence electrons. The van der Waals surface area contributed by atoms with Crippen LogP contribution in [0.5, 0.6) is 0 Å². The Labute approximate surface area is 134 Å². The molecule has 0 aromatic heterocycles. The largest absolute Gasteiger partial charge is 0.417 e. The Bertz CT molecular complexity index is 678. The number of halogens is 7. The average molecular weight is 356 g/mol. The molecule has 1 nitrogen and oxygen atoms in total. The SMILES string of the molecule is Cl.NCc1ccc(-c2ccccc2C(F)(F)F)cc1C(F)(F)F. The zero-order valence-electron chi connectivity index (χ0n) is 11.5. The van der Waals surface area contributed by atoms with Crippen LogP contribution in [0.3, 0.4) is 0 Å². The first kappa shape index (κ1) is 19.3.